The van der Waals surface area contributed by atoms with Crippen LogP contribution in [0.15, 0.2) is 18.3 Å². The fourth-order valence-corrected chi connectivity index (χ4v) is 1.94. The molecule has 1 aromatic heterocycles. The number of ether oxygens (including phenoxy) is 1. The Morgan fingerprint density at radius 3 is 3.13 bits per heavy atom. The molecule has 2 rings (SSSR count). The van der Waals surface area contributed by atoms with Gasteiger partial charge in [0.15, 0.2) is 0 Å². The maximum atomic E-state index is 5.20. The highest BCUT2D eigenvalue weighted by Gasteiger charge is 2.20. The molecule has 1 aliphatic heterocycles. The maximum Gasteiger partial charge on any atom is 0.237 e. The average molecular weight is 207 g/mol. The monoisotopic (exact) mass is 207 g/mol. The van der Waals surface area contributed by atoms with Gasteiger partial charge in [0.2, 0.25) is 5.88 Å². The zero-order valence-corrected chi connectivity index (χ0v) is 9.23. The molecule has 1 unspecified atom stereocenters. The van der Waals surface area contributed by atoms with Crippen LogP contribution in [0.2, 0.25) is 0 Å². The van der Waals surface area contributed by atoms with Crippen molar-refractivity contribution in [2.75, 3.05) is 32.6 Å². The molecule has 0 aromatic carbocycles. The molecule has 15 heavy (non-hydrogen) atoms. The molecule has 1 aromatic rings. The number of methoxy groups -OCH3 is 1. The molecule has 1 N–H and O–H groups in total. The number of anilines is 1. The molecule has 0 saturated carbocycles. The van der Waals surface area contributed by atoms with E-state index >= 15 is 0 Å². The molecule has 0 bridgehead atoms. The lowest BCUT2D eigenvalue weighted by molar-refractivity contribution is 0.398. The van der Waals surface area contributed by atoms with E-state index in [1.807, 2.05) is 12.1 Å². The first-order valence-corrected chi connectivity index (χ1v) is 5.23. The summed E-state index contributed by atoms with van der Waals surface area (Å²) in [5.74, 6) is 0.673. The predicted octanol–water partition coefficient (Wildman–Crippen LogP) is 1.21. The zero-order chi connectivity index (χ0) is 10.7. The van der Waals surface area contributed by atoms with Gasteiger partial charge in [-0.25, -0.2) is 4.98 Å². The third-order valence-corrected chi connectivity index (χ3v) is 2.72. The lowest BCUT2D eigenvalue weighted by Gasteiger charge is -2.15. The second-order valence-corrected chi connectivity index (χ2v) is 3.95. The highest BCUT2D eigenvalue weighted by Crippen LogP contribution is 2.22. The largest absolute Gasteiger partial charge is 0.480 e. The molecule has 1 aliphatic rings. The van der Waals surface area contributed by atoms with E-state index in [-0.39, 0.29) is 0 Å². The van der Waals surface area contributed by atoms with Gasteiger partial charge in [0.1, 0.15) is 0 Å². The number of likely N-dealkylation sites (tertiary alicyclic amines) is 1. The van der Waals surface area contributed by atoms with E-state index in [0.29, 0.717) is 11.9 Å². The van der Waals surface area contributed by atoms with Gasteiger partial charge in [-0.05, 0) is 32.1 Å². The second-order valence-electron chi connectivity index (χ2n) is 3.95. The first-order valence-electron chi connectivity index (χ1n) is 5.23. The molecule has 0 spiro atoms. The smallest absolute Gasteiger partial charge is 0.237 e. The maximum absolute atomic E-state index is 5.20. The minimum absolute atomic E-state index is 0.508. The summed E-state index contributed by atoms with van der Waals surface area (Å²) in [4.78, 5) is 6.48. The molecule has 1 fully saturated rings. The Bertz CT molecular complexity index is 329. The number of aromatic nitrogens is 1. The third-order valence-electron chi connectivity index (χ3n) is 2.72. The third kappa shape index (κ3) is 2.39. The van der Waals surface area contributed by atoms with Crippen LogP contribution in [0.25, 0.3) is 0 Å². The number of nitrogens with one attached hydrogen (secondary N) is 1. The van der Waals surface area contributed by atoms with Gasteiger partial charge in [-0.2, -0.15) is 0 Å². The van der Waals surface area contributed by atoms with Crippen molar-refractivity contribution in [1.82, 2.24) is 9.88 Å². The van der Waals surface area contributed by atoms with Gasteiger partial charge in [0, 0.05) is 18.8 Å². The highest BCUT2D eigenvalue weighted by molar-refractivity contribution is 5.52. The number of pyridine rings is 1. The van der Waals surface area contributed by atoms with Crippen LogP contribution in [0.4, 0.5) is 5.69 Å². The summed E-state index contributed by atoms with van der Waals surface area (Å²) >= 11 is 0. The number of hydrogen-bond acceptors (Lipinski definition) is 4. The van der Waals surface area contributed by atoms with Crippen molar-refractivity contribution in [1.29, 1.82) is 0 Å². The van der Waals surface area contributed by atoms with Crippen molar-refractivity contribution < 1.29 is 4.74 Å². The molecule has 1 atom stereocenters. The first-order chi connectivity index (χ1) is 7.29. The zero-order valence-electron chi connectivity index (χ0n) is 9.23. The first kappa shape index (κ1) is 10.2. The molecule has 1 saturated heterocycles. The quantitative estimate of drug-likeness (QED) is 0.808. The van der Waals surface area contributed by atoms with E-state index < -0.39 is 0 Å². The van der Waals surface area contributed by atoms with Crippen molar-refractivity contribution in [3.63, 3.8) is 0 Å². The molecule has 82 valence electrons. The molecular formula is C11H17N3O. The van der Waals surface area contributed by atoms with Gasteiger partial charge >= 0.3 is 0 Å². The normalized spacial score (nSPS) is 21.6. The Morgan fingerprint density at radius 2 is 2.47 bits per heavy atom. The average Bonchev–Trinajstić information content (AvgIpc) is 2.65. The van der Waals surface area contributed by atoms with E-state index in [1.54, 1.807) is 13.3 Å². The Hall–Kier alpha value is -1.29. The van der Waals surface area contributed by atoms with Gasteiger partial charge in [-0.1, -0.05) is 0 Å². The lowest BCUT2D eigenvalue weighted by atomic mass is 10.2. The number of rotatable bonds is 3. The summed E-state index contributed by atoms with van der Waals surface area (Å²) in [5.41, 5.74) is 0.986. The van der Waals surface area contributed by atoms with Crippen LogP contribution < -0.4 is 10.1 Å². The van der Waals surface area contributed by atoms with Crippen LogP contribution in [0.1, 0.15) is 6.42 Å². The molecule has 0 amide bonds. The molecule has 0 radical (unpaired) electrons. The fourth-order valence-electron chi connectivity index (χ4n) is 1.94. The van der Waals surface area contributed by atoms with Crippen molar-refractivity contribution in [2.45, 2.75) is 12.5 Å². The van der Waals surface area contributed by atoms with Gasteiger partial charge in [-0.15, -0.1) is 0 Å². The molecule has 4 nitrogen and oxygen atoms in total. The Labute approximate surface area is 90.3 Å². The van der Waals surface area contributed by atoms with Crippen molar-refractivity contribution in [2.24, 2.45) is 0 Å². The van der Waals surface area contributed by atoms with E-state index in [1.165, 1.54) is 6.42 Å². The topological polar surface area (TPSA) is 37.4 Å². The van der Waals surface area contributed by atoms with Crippen molar-refractivity contribution in [3.8, 4) is 5.88 Å². The van der Waals surface area contributed by atoms with Crippen LogP contribution in [0.5, 0.6) is 5.88 Å². The van der Waals surface area contributed by atoms with Crippen LogP contribution in [-0.4, -0.2) is 43.2 Å². The summed E-state index contributed by atoms with van der Waals surface area (Å²) in [6.45, 7) is 2.23. The van der Waals surface area contributed by atoms with Gasteiger partial charge in [-0.3, -0.25) is 0 Å². The van der Waals surface area contributed by atoms with Crippen LogP contribution in [0, 0.1) is 0 Å². The lowest BCUT2D eigenvalue weighted by Crippen LogP contribution is -2.23. The van der Waals surface area contributed by atoms with Crippen molar-refractivity contribution >= 4 is 5.69 Å². The minimum Gasteiger partial charge on any atom is -0.480 e. The standard InChI is InChI=1S/C11H17N3O/c1-14-7-5-9(8-14)13-10-4-3-6-12-11(10)15-2/h3-4,6,9,13H,5,7-8H2,1-2H3. The summed E-state index contributed by atoms with van der Waals surface area (Å²) in [6, 6.07) is 4.43. The Kier molecular flexibility index (Phi) is 3.06. The van der Waals surface area contributed by atoms with Gasteiger partial charge in [0.05, 0.1) is 12.8 Å². The molecule has 4 heteroatoms. The van der Waals surface area contributed by atoms with E-state index in [2.05, 4.69) is 22.2 Å². The molecular weight excluding hydrogens is 190 g/mol. The number of hydrogen-bond donors (Lipinski definition) is 1. The highest BCUT2D eigenvalue weighted by atomic mass is 16.5. The minimum atomic E-state index is 0.508. The fraction of sp³-hybridized carbons (Fsp3) is 0.545. The summed E-state index contributed by atoms with van der Waals surface area (Å²) in [7, 11) is 3.79. The Morgan fingerprint density at radius 1 is 1.60 bits per heavy atom. The second kappa shape index (κ2) is 4.49. The van der Waals surface area contributed by atoms with E-state index in [4.69, 9.17) is 4.74 Å². The summed E-state index contributed by atoms with van der Waals surface area (Å²) in [5, 5.41) is 3.46. The van der Waals surface area contributed by atoms with E-state index in [9.17, 15) is 0 Å². The van der Waals surface area contributed by atoms with Crippen LogP contribution >= 0.6 is 0 Å². The summed E-state index contributed by atoms with van der Waals surface area (Å²) < 4.78 is 5.20. The SMILES string of the molecule is COc1ncccc1NC1CCN(C)C1. The number of likely N-dealkylation sites (N-methyl/N-ethyl adjacent to an activating group) is 1. The Balaban J connectivity index is 2.04. The molecule has 0 aliphatic carbocycles. The van der Waals surface area contributed by atoms with E-state index in [0.717, 1.165) is 18.8 Å². The van der Waals surface area contributed by atoms with Gasteiger partial charge < -0.3 is 15.0 Å². The summed E-state index contributed by atoms with van der Waals surface area (Å²) in [6.07, 6.45) is 2.92. The van der Waals surface area contributed by atoms with Crippen LogP contribution in [-0.2, 0) is 0 Å². The van der Waals surface area contributed by atoms with Crippen molar-refractivity contribution in [3.05, 3.63) is 18.3 Å². The molecule has 2 heterocycles. The van der Waals surface area contributed by atoms with Crippen LogP contribution in [0.3, 0.4) is 0 Å². The van der Waals surface area contributed by atoms with Gasteiger partial charge in [0.25, 0.3) is 0 Å². The number of nitrogens with zero attached hydrogens (tertiary/aromatic N) is 2. The predicted molar refractivity (Wildman–Crippen MR) is 60.3 cm³/mol.